The predicted octanol–water partition coefficient (Wildman–Crippen LogP) is 2.71. The van der Waals surface area contributed by atoms with E-state index in [1.165, 1.54) is 29.5 Å². The van der Waals surface area contributed by atoms with Crippen molar-refractivity contribution in [2.24, 2.45) is 5.73 Å². The van der Waals surface area contributed by atoms with E-state index in [0.29, 0.717) is 6.04 Å². The van der Waals surface area contributed by atoms with E-state index < -0.39 is 0 Å². The van der Waals surface area contributed by atoms with Crippen LogP contribution in [0.25, 0.3) is 10.2 Å². The van der Waals surface area contributed by atoms with Crippen LogP contribution in [0.15, 0.2) is 12.4 Å². The van der Waals surface area contributed by atoms with Crippen LogP contribution in [0.1, 0.15) is 30.6 Å². The zero-order chi connectivity index (χ0) is 13.2. The van der Waals surface area contributed by atoms with Crippen LogP contribution in [0.5, 0.6) is 0 Å². The highest BCUT2D eigenvalue weighted by Crippen LogP contribution is 2.33. The first-order valence-electron chi connectivity index (χ1n) is 6.97. The van der Waals surface area contributed by atoms with Crippen molar-refractivity contribution in [2.45, 2.75) is 38.6 Å². The molecule has 0 bridgehead atoms. The number of piperidine rings is 1. The molecule has 1 saturated heterocycles. The van der Waals surface area contributed by atoms with E-state index in [1.54, 1.807) is 17.7 Å². The summed E-state index contributed by atoms with van der Waals surface area (Å²) in [5.74, 6) is 1.10. The van der Waals surface area contributed by atoms with Gasteiger partial charge in [0, 0.05) is 17.5 Å². The smallest absolute Gasteiger partial charge is 0.141 e. The molecule has 0 saturated carbocycles. The second kappa shape index (κ2) is 5.43. The van der Waals surface area contributed by atoms with Gasteiger partial charge < -0.3 is 10.6 Å². The van der Waals surface area contributed by atoms with Crippen LogP contribution in [-0.4, -0.2) is 29.1 Å². The SMILES string of the molecule is Cc1cc2c(N3CCCCC3CCN)ncnc2s1. The number of hydrogen-bond donors (Lipinski definition) is 1. The van der Waals surface area contributed by atoms with Crippen molar-refractivity contribution in [3.63, 3.8) is 0 Å². The van der Waals surface area contributed by atoms with Gasteiger partial charge in [-0.15, -0.1) is 11.3 Å². The molecule has 1 atom stereocenters. The van der Waals surface area contributed by atoms with Crippen molar-refractivity contribution in [3.8, 4) is 0 Å². The highest BCUT2D eigenvalue weighted by molar-refractivity contribution is 7.18. The van der Waals surface area contributed by atoms with Crippen LogP contribution in [0.4, 0.5) is 5.82 Å². The van der Waals surface area contributed by atoms with Crippen molar-refractivity contribution < 1.29 is 0 Å². The van der Waals surface area contributed by atoms with Gasteiger partial charge in [-0.25, -0.2) is 9.97 Å². The quantitative estimate of drug-likeness (QED) is 0.936. The predicted molar refractivity (Wildman–Crippen MR) is 80.8 cm³/mol. The minimum atomic E-state index is 0.539. The third-order valence-corrected chi connectivity index (χ3v) is 4.79. The molecular formula is C14H20N4S. The monoisotopic (exact) mass is 276 g/mol. The number of hydrogen-bond acceptors (Lipinski definition) is 5. The second-order valence-corrected chi connectivity index (χ2v) is 6.43. The van der Waals surface area contributed by atoms with Gasteiger partial charge in [-0.3, -0.25) is 0 Å². The van der Waals surface area contributed by atoms with Crippen LogP contribution in [-0.2, 0) is 0 Å². The minimum Gasteiger partial charge on any atom is -0.353 e. The third-order valence-electron chi connectivity index (χ3n) is 3.83. The van der Waals surface area contributed by atoms with Gasteiger partial charge in [-0.1, -0.05) is 0 Å². The van der Waals surface area contributed by atoms with E-state index in [-0.39, 0.29) is 0 Å². The molecule has 0 radical (unpaired) electrons. The molecule has 102 valence electrons. The lowest BCUT2D eigenvalue weighted by molar-refractivity contribution is 0.440. The van der Waals surface area contributed by atoms with Gasteiger partial charge in [0.05, 0.1) is 5.39 Å². The molecule has 2 aromatic heterocycles. The van der Waals surface area contributed by atoms with Gasteiger partial charge in [-0.2, -0.15) is 0 Å². The zero-order valence-corrected chi connectivity index (χ0v) is 12.1. The first-order chi connectivity index (χ1) is 9.29. The standard InChI is InChI=1S/C14H20N4S/c1-10-8-12-13(16-9-17-14(12)19-10)18-7-3-2-4-11(18)5-6-15/h8-9,11H,2-7,15H2,1H3. The lowest BCUT2D eigenvalue weighted by Crippen LogP contribution is -2.41. The number of thiophene rings is 1. The third kappa shape index (κ3) is 2.44. The highest BCUT2D eigenvalue weighted by atomic mass is 32.1. The number of aryl methyl sites for hydroxylation is 1. The van der Waals surface area contributed by atoms with Crippen molar-refractivity contribution in [1.82, 2.24) is 9.97 Å². The molecule has 1 unspecified atom stereocenters. The van der Waals surface area contributed by atoms with Gasteiger partial charge in [-0.05, 0) is 45.2 Å². The molecule has 2 aromatic rings. The fourth-order valence-corrected chi connectivity index (χ4v) is 3.81. The van der Waals surface area contributed by atoms with Crippen LogP contribution in [0.3, 0.4) is 0 Å². The number of aromatic nitrogens is 2. The Hall–Kier alpha value is -1.20. The van der Waals surface area contributed by atoms with E-state index in [2.05, 4.69) is 27.9 Å². The maximum atomic E-state index is 5.76. The van der Waals surface area contributed by atoms with E-state index in [4.69, 9.17) is 5.73 Å². The fraction of sp³-hybridized carbons (Fsp3) is 0.571. The number of rotatable bonds is 3. The molecule has 3 heterocycles. The number of nitrogens with two attached hydrogens (primary N) is 1. The van der Waals surface area contributed by atoms with Crippen LogP contribution < -0.4 is 10.6 Å². The maximum absolute atomic E-state index is 5.76. The van der Waals surface area contributed by atoms with E-state index >= 15 is 0 Å². The largest absolute Gasteiger partial charge is 0.353 e. The van der Waals surface area contributed by atoms with Crippen LogP contribution in [0.2, 0.25) is 0 Å². The number of nitrogens with zero attached hydrogens (tertiary/aromatic N) is 3. The Morgan fingerprint density at radius 2 is 2.32 bits per heavy atom. The molecule has 19 heavy (non-hydrogen) atoms. The van der Waals surface area contributed by atoms with Gasteiger partial charge in [0.1, 0.15) is 17.0 Å². The summed E-state index contributed by atoms with van der Waals surface area (Å²) in [4.78, 5) is 13.8. The first-order valence-corrected chi connectivity index (χ1v) is 7.79. The van der Waals surface area contributed by atoms with Crippen molar-refractivity contribution >= 4 is 27.4 Å². The summed E-state index contributed by atoms with van der Waals surface area (Å²) in [6.45, 7) is 3.97. The summed E-state index contributed by atoms with van der Waals surface area (Å²) in [5.41, 5.74) is 5.76. The summed E-state index contributed by atoms with van der Waals surface area (Å²) in [7, 11) is 0. The van der Waals surface area contributed by atoms with Crippen molar-refractivity contribution in [1.29, 1.82) is 0 Å². The fourth-order valence-electron chi connectivity index (χ4n) is 2.96. The van der Waals surface area contributed by atoms with Gasteiger partial charge in [0.2, 0.25) is 0 Å². The Balaban J connectivity index is 2.01. The summed E-state index contributed by atoms with van der Waals surface area (Å²) >= 11 is 1.74. The minimum absolute atomic E-state index is 0.539. The van der Waals surface area contributed by atoms with E-state index in [0.717, 1.165) is 30.2 Å². The van der Waals surface area contributed by atoms with Crippen LogP contribution >= 0.6 is 11.3 Å². The molecular weight excluding hydrogens is 256 g/mol. The van der Waals surface area contributed by atoms with Gasteiger partial charge in [0.25, 0.3) is 0 Å². The molecule has 3 rings (SSSR count). The molecule has 1 fully saturated rings. The summed E-state index contributed by atoms with van der Waals surface area (Å²) in [5, 5.41) is 1.20. The lowest BCUT2D eigenvalue weighted by Gasteiger charge is -2.36. The van der Waals surface area contributed by atoms with E-state index in [1.807, 2.05) is 0 Å². The van der Waals surface area contributed by atoms with Gasteiger partial charge in [0.15, 0.2) is 0 Å². The Kier molecular flexibility index (Phi) is 3.66. The average Bonchev–Trinajstić information content (AvgIpc) is 2.80. The van der Waals surface area contributed by atoms with E-state index in [9.17, 15) is 0 Å². The molecule has 0 spiro atoms. The van der Waals surface area contributed by atoms with Gasteiger partial charge >= 0.3 is 0 Å². The molecule has 0 aromatic carbocycles. The topological polar surface area (TPSA) is 55.0 Å². The second-order valence-electron chi connectivity index (χ2n) is 5.19. The normalized spacial score (nSPS) is 20.1. The Labute approximate surface area is 117 Å². The van der Waals surface area contributed by atoms with Crippen molar-refractivity contribution in [2.75, 3.05) is 18.0 Å². The average molecular weight is 276 g/mol. The molecule has 5 heteroatoms. The molecule has 2 N–H and O–H groups in total. The molecule has 1 aliphatic heterocycles. The molecule has 0 amide bonds. The molecule has 4 nitrogen and oxygen atoms in total. The zero-order valence-electron chi connectivity index (χ0n) is 11.3. The number of fused-ring (bicyclic) bond motifs is 1. The number of anilines is 1. The summed E-state index contributed by atoms with van der Waals surface area (Å²) in [6, 6.07) is 2.75. The maximum Gasteiger partial charge on any atom is 0.141 e. The van der Waals surface area contributed by atoms with Crippen LogP contribution in [0, 0.1) is 6.92 Å². The lowest BCUT2D eigenvalue weighted by atomic mass is 9.99. The Morgan fingerprint density at radius 1 is 1.42 bits per heavy atom. The van der Waals surface area contributed by atoms with Crippen molar-refractivity contribution in [3.05, 3.63) is 17.3 Å². The molecule has 0 aliphatic carbocycles. The molecule has 1 aliphatic rings. The Bertz CT molecular complexity index is 564. The summed E-state index contributed by atoms with van der Waals surface area (Å²) in [6.07, 6.45) is 6.52. The highest BCUT2D eigenvalue weighted by Gasteiger charge is 2.24. The Morgan fingerprint density at radius 3 is 3.16 bits per heavy atom. The summed E-state index contributed by atoms with van der Waals surface area (Å²) < 4.78 is 0. The first kappa shape index (κ1) is 12.8.